The Morgan fingerprint density at radius 3 is 2.42 bits per heavy atom. The number of nitrogens with one attached hydrogen (secondary N) is 1. The van der Waals surface area contributed by atoms with E-state index in [1.165, 1.54) is 6.42 Å². The number of hydrogen-bond donors (Lipinski definition) is 1. The maximum Gasteiger partial charge on any atom is 0.228 e. The van der Waals surface area contributed by atoms with Crippen LogP contribution in [-0.2, 0) is 4.79 Å². The topological polar surface area (TPSA) is 32.3 Å². The summed E-state index contributed by atoms with van der Waals surface area (Å²) in [7, 11) is 0. The highest BCUT2D eigenvalue weighted by Crippen LogP contribution is 2.25. The van der Waals surface area contributed by atoms with Crippen LogP contribution in [0, 0.1) is 17.3 Å². The van der Waals surface area contributed by atoms with Gasteiger partial charge in [-0.1, -0.05) is 48.0 Å². The summed E-state index contributed by atoms with van der Waals surface area (Å²) in [4.78, 5) is 14.5. The Labute approximate surface area is 119 Å². The molecule has 0 saturated carbocycles. The normalized spacial score (nSPS) is 24.9. The molecule has 1 amide bonds. The van der Waals surface area contributed by atoms with Gasteiger partial charge < -0.3 is 10.2 Å². The number of amides is 1. The SMILES string of the molecule is CCC1CC(NCC(C)C)CN(C(=O)C(C)(C)C)C1. The van der Waals surface area contributed by atoms with Crippen LogP contribution in [-0.4, -0.2) is 36.5 Å². The molecule has 0 aromatic carbocycles. The quantitative estimate of drug-likeness (QED) is 0.850. The fraction of sp³-hybridized carbons (Fsp3) is 0.938. The van der Waals surface area contributed by atoms with Gasteiger partial charge in [-0.2, -0.15) is 0 Å². The van der Waals surface area contributed by atoms with Gasteiger partial charge in [0.25, 0.3) is 0 Å². The molecule has 1 saturated heterocycles. The number of carbonyl (C=O) groups excluding carboxylic acids is 1. The molecule has 112 valence electrons. The zero-order valence-electron chi connectivity index (χ0n) is 13.6. The zero-order chi connectivity index (χ0) is 14.6. The minimum absolute atomic E-state index is 0.266. The number of hydrogen-bond acceptors (Lipinski definition) is 2. The van der Waals surface area contributed by atoms with Crippen LogP contribution in [0.4, 0.5) is 0 Å². The lowest BCUT2D eigenvalue weighted by Gasteiger charge is -2.40. The molecular formula is C16H32N2O. The number of piperidine rings is 1. The zero-order valence-corrected chi connectivity index (χ0v) is 13.6. The van der Waals surface area contributed by atoms with Crippen molar-refractivity contribution < 1.29 is 4.79 Å². The third-order valence-electron chi connectivity index (χ3n) is 3.86. The van der Waals surface area contributed by atoms with E-state index < -0.39 is 0 Å². The number of rotatable bonds is 4. The van der Waals surface area contributed by atoms with E-state index in [4.69, 9.17) is 0 Å². The molecule has 1 aliphatic heterocycles. The summed E-state index contributed by atoms with van der Waals surface area (Å²) in [6, 6.07) is 0.465. The van der Waals surface area contributed by atoms with Crippen molar-refractivity contribution in [2.24, 2.45) is 17.3 Å². The standard InChI is InChI=1S/C16H32N2O/c1-7-13-8-14(17-9-12(2)3)11-18(10-13)15(19)16(4,5)6/h12-14,17H,7-11H2,1-6H3. The molecule has 2 unspecified atom stereocenters. The number of carbonyl (C=O) groups is 1. The van der Waals surface area contributed by atoms with E-state index in [-0.39, 0.29) is 5.41 Å². The summed E-state index contributed by atoms with van der Waals surface area (Å²) in [5, 5.41) is 3.63. The van der Waals surface area contributed by atoms with Crippen LogP contribution in [0.5, 0.6) is 0 Å². The molecule has 1 heterocycles. The Morgan fingerprint density at radius 2 is 1.95 bits per heavy atom. The molecule has 1 N–H and O–H groups in total. The van der Waals surface area contributed by atoms with Gasteiger partial charge in [-0.05, 0) is 24.8 Å². The van der Waals surface area contributed by atoms with Gasteiger partial charge in [-0.15, -0.1) is 0 Å². The van der Waals surface area contributed by atoms with Crippen molar-refractivity contribution in [1.82, 2.24) is 10.2 Å². The van der Waals surface area contributed by atoms with Crippen molar-refractivity contribution in [3.63, 3.8) is 0 Å². The summed E-state index contributed by atoms with van der Waals surface area (Å²) in [5.41, 5.74) is -0.266. The molecule has 1 aliphatic rings. The van der Waals surface area contributed by atoms with Gasteiger partial charge >= 0.3 is 0 Å². The van der Waals surface area contributed by atoms with E-state index in [1.807, 2.05) is 20.8 Å². The molecule has 3 nitrogen and oxygen atoms in total. The second-order valence-electron chi connectivity index (χ2n) is 7.47. The molecule has 3 heteroatoms. The average molecular weight is 268 g/mol. The maximum atomic E-state index is 12.5. The predicted octanol–water partition coefficient (Wildman–Crippen LogP) is 2.91. The summed E-state index contributed by atoms with van der Waals surface area (Å²) < 4.78 is 0. The molecule has 0 bridgehead atoms. The first-order chi connectivity index (χ1) is 8.74. The molecule has 2 atom stereocenters. The lowest BCUT2D eigenvalue weighted by molar-refractivity contribution is -0.142. The molecule has 1 fully saturated rings. The van der Waals surface area contributed by atoms with E-state index in [2.05, 4.69) is 31.0 Å². The lowest BCUT2D eigenvalue weighted by Crippen LogP contribution is -2.54. The van der Waals surface area contributed by atoms with Crippen LogP contribution < -0.4 is 5.32 Å². The van der Waals surface area contributed by atoms with Gasteiger partial charge in [-0.25, -0.2) is 0 Å². The first-order valence-corrected chi connectivity index (χ1v) is 7.76. The Balaban J connectivity index is 2.64. The first kappa shape index (κ1) is 16.5. The van der Waals surface area contributed by atoms with Crippen molar-refractivity contribution in [3.8, 4) is 0 Å². The van der Waals surface area contributed by atoms with Crippen LogP contribution in [0.2, 0.25) is 0 Å². The fourth-order valence-electron chi connectivity index (χ4n) is 2.69. The summed E-state index contributed by atoms with van der Waals surface area (Å²) in [5.74, 6) is 1.60. The third kappa shape index (κ3) is 5.13. The first-order valence-electron chi connectivity index (χ1n) is 7.76. The van der Waals surface area contributed by atoms with Gasteiger partial charge in [0.15, 0.2) is 0 Å². The molecule has 0 aromatic heterocycles. The molecule has 0 spiro atoms. The van der Waals surface area contributed by atoms with Gasteiger partial charge in [-0.3, -0.25) is 4.79 Å². The summed E-state index contributed by atoms with van der Waals surface area (Å²) >= 11 is 0. The highest BCUT2D eigenvalue weighted by molar-refractivity contribution is 5.81. The summed E-state index contributed by atoms with van der Waals surface area (Å²) in [6.07, 6.45) is 2.37. The molecule has 0 aromatic rings. The Kier molecular flexibility index (Phi) is 5.84. The smallest absolute Gasteiger partial charge is 0.228 e. The van der Waals surface area contributed by atoms with Gasteiger partial charge in [0.1, 0.15) is 0 Å². The molecule has 0 aliphatic carbocycles. The van der Waals surface area contributed by atoms with Crippen LogP contribution in [0.1, 0.15) is 54.4 Å². The average Bonchev–Trinajstić information content (AvgIpc) is 2.33. The predicted molar refractivity (Wildman–Crippen MR) is 81.1 cm³/mol. The van der Waals surface area contributed by atoms with E-state index >= 15 is 0 Å². The van der Waals surface area contributed by atoms with Crippen LogP contribution >= 0.6 is 0 Å². The lowest BCUT2D eigenvalue weighted by atomic mass is 9.88. The Morgan fingerprint density at radius 1 is 1.32 bits per heavy atom. The fourth-order valence-corrected chi connectivity index (χ4v) is 2.69. The van der Waals surface area contributed by atoms with Crippen LogP contribution in [0.25, 0.3) is 0 Å². The van der Waals surface area contributed by atoms with Crippen molar-refractivity contribution in [2.45, 2.75) is 60.4 Å². The summed E-state index contributed by atoms with van der Waals surface area (Å²) in [6.45, 7) is 15.6. The maximum absolute atomic E-state index is 12.5. The van der Waals surface area contributed by atoms with Crippen molar-refractivity contribution in [3.05, 3.63) is 0 Å². The van der Waals surface area contributed by atoms with Gasteiger partial charge in [0.05, 0.1) is 0 Å². The van der Waals surface area contributed by atoms with Gasteiger partial charge in [0, 0.05) is 24.5 Å². The van der Waals surface area contributed by atoms with Crippen molar-refractivity contribution in [2.75, 3.05) is 19.6 Å². The van der Waals surface area contributed by atoms with Crippen LogP contribution in [0.3, 0.4) is 0 Å². The monoisotopic (exact) mass is 268 g/mol. The molecule has 0 radical (unpaired) electrons. The molecule has 19 heavy (non-hydrogen) atoms. The highest BCUT2D eigenvalue weighted by Gasteiger charge is 2.33. The number of likely N-dealkylation sites (tertiary alicyclic amines) is 1. The Hall–Kier alpha value is -0.570. The minimum Gasteiger partial charge on any atom is -0.340 e. The van der Waals surface area contributed by atoms with Crippen molar-refractivity contribution in [1.29, 1.82) is 0 Å². The van der Waals surface area contributed by atoms with E-state index in [0.29, 0.717) is 23.8 Å². The largest absolute Gasteiger partial charge is 0.340 e. The van der Waals surface area contributed by atoms with E-state index in [1.54, 1.807) is 0 Å². The second kappa shape index (κ2) is 6.74. The van der Waals surface area contributed by atoms with E-state index in [0.717, 1.165) is 26.1 Å². The number of nitrogens with zero attached hydrogens (tertiary/aromatic N) is 1. The second-order valence-corrected chi connectivity index (χ2v) is 7.47. The van der Waals surface area contributed by atoms with Crippen LogP contribution in [0.15, 0.2) is 0 Å². The van der Waals surface area contributed by atoms with Gasteiger partial charge in [0.2, 0.25) is 5.91 Å². The Bertz CT molecular complexity index is 294. The molecule has 1 rings (SSSR count). The van der Waals surface area contributed by atoms with E-state index in [9.17, 15) is 4.79 Å². The molecular weight excluding hydrogens is 236 g/mol. The van der Waals surface area contributed by atoms with Crippen molar-refractivity contribution >= 4 is 5.91 Å². The highest BCUT2D eigenvalue weighted by atomic mass is 16.2. The third-order valence-corrected chi connectivity index (χ3v) is 3.86. The minimum atomic E-state index is -0.266.